The second kappa shape index (κ2) is 5.82. The summed E-state index contributed by atoms with van der Waals surface area (Å²) in [5, 5.41) is 14.3. The molecule has 0 bridgehead atoms. The number of aliphatic carboxylic acids is 1. The third-order valence-corrected chi connectivity index (χ3v) is 3.71. The van der Waals surface area contributed by atoms with Gasteiger partial charge in [-0.05, 0) is 30.1 Å². The summed E-state index contributed by atoms with van der Waals surface area (Å²) < 4.78 is 4.32. The van der Waals surface area contributed by atoms with E-state index in [0.717, 1.165) is 22.3 Å². The van der Waals surface area contributed by atoms with Crippen LogP contribution in [0.5, 0.6) is 0 Å². The van der Waals surface area contributed by atoms with E-state index in [2.05, 4.69) is 9.69 Å². The Morgan fingerprint density at radius 2 is 2.28 bits per heavy atom. The highest BCUT2D eigenvalue weighted by atomic mass is 32.1. The van der Waals surface area contributed by atoms with Crippen LogP contribution in [0, 0.1) is 5.92 Å². The Bertz CT molecular complexity index is 539. The van der Waals surface area contributed by atoms with Crippen LogP contribution in [0.25, 0.3) is 10.9 Å². The highest BCUT2D eigenvalue weighted by Gasteiger charge is 2.16. The molecule has 2 aromatic rings. The molecule has 1 aromatic carbocycles. The Kier molecular flexibility index (Phi) is 4.15. The molecule has 1 aromatic heterocycles. The number of carboxylic acid groups (broad SMARTS) is 1. The van der Waals surface area contributed by atoms with Crippen molar-refractivity contribution in [2.75, 3.05) is 11.9 Å². The molecule has 0 saturated carbocycles. The van der Waals surface area contributed by atoms with Gasteiger partial charge in [0.25, 0.3) is 0 Å². The van der Waals surface area contributed by atoms with Gasteiger partial charge < -0.3 is 10.4 Å². The minimum absolute atomic E-state index is 0.337. The molecule has 4 nitrogen and oxygen atoms in total. The van der Waals surface area contributed by atoms with Crippen molar-refractivity contribution >= 4 is 33.4 Å². The minimum Gasteiger partial charge on any atom is -0.481 e. The zero-order valence-electron chi connectivity index (χ0n) is 10.2. The lowest BCUT2D eigenvalue weighted by Gasteiger charge is -2.11. The van der Waals surface area contributed by atoms with Crippen molar-refractivity contribution in [1.29, 1.82) is 0 Å². The zero-order chi connectivity index (χ0) is 13.0. The number of benzene rings is 1. The summed E-state index contributed by atoms with van der Waals surface area (Å²) in [5.41, 5.74) is 0.951. The van der Waals surface area contributed by atoms with Crippen LogP contribution < -0.4 is 5.32 Å². The van der Waals surface area contributed by atoms with Gasteiger partial charge >= 0.3 is 5.97 Å². The maximum atomic E-state index is 11.1. The van der Waals surface area contributed by atoms with Gasteiger partial charge in [0.15, 0.2) is 0 Å². The maximum Gasteiger partial charge on any atom is 0.308 e. The molecular formula is C13H16N2O2S. The van der Waals surface area contributed by atoms with E-state index < -0.39 is 5.97 Å². The maximum absolute atomic E-state index is 11.1. The summed E-state index contributed by atoms with van der Waals surface area (Å²) >= 11 is 1.38. The van der Waals surface area contributed by atoms with Gasteiger partial charge in [0.1, 0.15) is 5.00 Å². The SMILES string of the molecule is CCCC(CNc1snc2ccccc12)C(=O)O. The van der Waals surface area contributed by atoms with E-state index in [0.29, 0.717) is 13.0 Å². The molecule has 2 rings (SSSR count). The molecule has 0 aliphatic rings. The van der Waals surface area contributed by atoms with E-state index in [1.807, 2.05) is 31.2 Å². The van der Waals surface area contributed by atoms with Crippen molar-refractivity contribution in [3.8, 4) is 0 Å². The first kappa shape index (κ1) is 12.8. The van der Waals surface area contributed by atoms with Gasteiger partial charge in [0.2, 0.25) is 0 Å². The molecule has 0 radical (unpaired) electrons. The van der Waals surface area contributed by atoms with Crippen LogP contribution in [0.3, 0.4) is 0 Å². The first-order valence-corrected chi connectivity index (χ1v) is 6.80. The van der Waals surface area contributed by atoms with Crippen LogP contribution in [0.15, 0.2) is 24.3 Å². The highest BCUT2D eigenvalue weighted by Crippen LogP contribution is 2.27. The van der Waals surface area contributed by atoms with E-state index >= 15 is 0 Å². The third kappa shape index (κ3) is 2.79. The Hall–Kier alpha value is -1.62. The van der Waals surface area contributed by atoms with Crippen LogP contribution in [-0.4, -0.2) is 22.0 Å². The largest absolute Gasteiger partial charge is 0.481 e. The number of nitrogens with one attached hydrogen (secondary N) is 1. The lowest BCUT2D eigenvalue weighted by atomic mass is 10.0. The lowest BCUT2D eigenvalue weighted by molar-refractivity contribution is -0.141. The molecule has 1 atom stereocenters. The minimum atomic E-state index is -0.738. The molecule has 0 aliphatic carbocycles. The molecule has 18 heavy (non-hydrogen) atoms. The lowest BCUT2D eigenvalue weighted by Crippen LogP contribution is -2.22. The molecule has 0 spiro atoms. The van der Waals surface area contributed by atoms with Crippen molar-refractivity contribution in [2.24, 2.45) is 5.92 Å². The van der Waals surface area contributed by atoms with E-state index in [4.69, 9.17) is 5.11 Å². The number of fused-ring (bicyclic) bond motifs is 1. The molecule has 0 saturated heterocycles. The van der Waals surface area contributed by atoms with E-state index in [1.165, 1.54) is 11.5 Å². The van der Waals surface area contributed by atoms with Crippen LogP contribution in [0.4, 0.5) is 5.00 Å². The van der Waals surface area contributed by atoms with Gasteiger partial charge in [-0.1, -0.05) is 25.5 Å². The van der Waals surface area contributed by atoms with Crippen LogP contribution in [-0.2, 0) is 4.79 Å². The van der Waals surface area contributed by atoms with Gasteiger partial charge in [-0.25, -0.2) is 0 Å². The molecule has 5 heteroatoms. The van der Waals surface area contributed by atoms with Gasteiger partial charge in [0.05, 0.1) is 11.4 Å². The normalized spacial score (nSPS) is 12.5. The third-order valence-electron chi connectivity index (χ3n) is 2.88. The topological polar surface area (TPSA) is 62.2 Å². The number of rotatable bonds is 6. The summed E-state index contributed by atoms with van der Waals surface area (Å²) in [6, 6.07) is 7.86. The summed E-state index contributed by atoms with van der Waals surface area (Å²) in [4.78, 5) is 11.1. The second-order valence-corrected chi connectivity index (χ2v) is 5.01. The summed E-state index contributed by atoms with van der Waals surface area (Å²) in [6.07, 6.45) is 1.57. The molecule has 0 amide bonds. The van der Waals surface area contributed by atoms with Crippen LogP contribution in [0.2, 0.25) is 0 Å². The van der Waals surface area contributed by atoms with Crippen molar-refractivity contribution in [1.82, 2.24) is 4.37 Å². The number of carboxylic acids is 1. The monoisotopic (exact) mass is 264 g/mol. The van der Waals surface area contributed by atoms with Gasteiger partial charge in [0, 0.05) is 11.9 Å². The molecule has 1 heterocycles. The first-order valence-electron chi connectivity index (χ1n) is 6.03. The van der Waals surface area contributed by atoms with E-state index in [9.17, 15) is 4.79 Å². The van der Waals surface area contributed by atoms with Gasteiger partial charge in [-0.2, -0.15) is 4.37 Å². The fraction of sp³-hybridized carbons (Fsp3) is 0.385. The molecule has 0 aliphatic heterocycles. The Balaban J connectivity index is 2.07. The second-order valence-electron chi connectivity index (χ2n) is 4.23. The number of aromatic nitrogens is 1. The highest BCUT2D eigenvalue weighted by molar-refractivity contribution is 7.11. The van der Waals surface area contributed by atoms with Crippen molar-refractivity contribution in [2.45, 2.75) is 19.8 Å². The Labute approximate surface area is 110 Å². The number of anilines is 1. The number of nitrogens with zero attached hydrogens (tertiary/aromatic N) is 1. The predicted molar refractivity (Wildman–Crippen MR) is 74.1 cm³/mol. The average Bonchev–Trinajstić information content (AvgIpc) is 2.77. The Morgan fingerprint density at radius 3 is 3.00 bits per heavy atom. The smallest absolute Gasteiger partial charge is 0.308 e. The first-order chi connectivity index (χ1) is 8.72. The molecule has 2 N–H and O–H groups in total. The van der Waals surface area contributed by atoms with E-state index in [-0.39, 0.29) is 5.92 Å². The van der Waals surface area contributed by atoms with Gasteiger partial charge in [-0.3, -0.25) is 4.79 Å². The van der Waals surface area contributed by atoms with Crippen molar-refractivity contribution in [3.05, 3.63) is 24.3 Å². The average molecular weight is 264 g/mol. The number of hydrogen-bond donors (Lipinski definition) is 2. The number of carbonyl (C=O) groups is 1. The molecule has 96 valence electrons. The van der Waals surface area contributed by atoms with Crippen molar-refractivity contribution < 1.29 is 9.90 Å². The summed E-state index contributed by atoms with van der Waals surface area (Å²) in [6.45, 7) is 2.45. The predicted octanol–water partition coefficient (Wildman–Crippen LogP) is 3.21. The standard InChI is InChI=1S/C13H16N2O2S/c1-2-5-9(13(16)17)8-14-12-10-6-3-4-7-11(10)15-18-12/h3-4,6-7,9,14H,2,5,8H2,1H3,(H,16,17). The zero-order valence-corrected chi connectivity index (χ0v) is 11.0. The fourth-order valence-electron chi connectivity index (χ4n) is 1.89. The molecular weight excluding hydrogens is 248 g/mol. The summed E-state index contributed by atoms with van der Waals surface area (Å²) in [5.74, 6) is -1.07. The quantitative estimate of drug-likeness (QED) is 0.841. The van der Waals surface area contributed by atoms with Gasteiger partial charge in [-0.15, -0.1) is 0 Å². The van der Waals surface area contributed by atoms with Crippen LogP contribution >= 0.6 is 11.5 Å². The molecule has 0 fully saturated rings. The fourth-order valence-corrected chi connectivity index (χ4v) is 2.66. The molecule has 1 unspecified atom stereocenters. The number of hydrogen-bond acceptors (Lipinski definition) is 4. The van der Waals surface area contributed by atoms with E-state index in [1.54, 1.807) is 0 Å². The van der Waals surface area contributed by atoms with Crippen LogP contribution in [0.1, 0.15) is 19.8 Å². The van der Waals surface area contributed by atoms with Crippen molar-refractivity contribution in [3.63, 3.8) is 0 Å². The Morgan fingerprint density at radius 1 is 1.50 bits per heavy atom. The summed E-state index contributed by atoms with van der Waals surface area (Å²) in [7, 11) is 0.